The van der Waals surface area contributed by atoms with E-state index in [1.165, 1.54) is 0 Å². The molecule has 0 aliphatic heterocycles. The lowest BCUT2D eigenvalue weighted by Crippen LogP contribution is -2.28. The van der Waals surface area contributed by atoms with Crippen molar-refractivity contribution in [1.29, 1.82) is 0 Å². The predicted octanol–water partition coefficient (Wildman–Crippen LogP) is 5.11. The largest absolute Gasteiger partial charge is 0.497 e. The zero-order valence-corrected chi connectivity index (χ0v) is 15.8. The number of thioether (sulfide) groups is 1. The van der Waals surface area contributed by atoms with Gasteiger partial charge >= 0.3 is 0 Å². The van der Waals surface area contributed by atoms with Gasteiger partial charge in [-0.05, 0) is 42.3 Å². The number of benzene rings is 2. The Morgan fingerprint density at radius 3 is 2.71 bits per heavy atom. The molecule has 0 aliphatic carbocycles. The van der Waals surface area contributed by atoms with Gasteiger partial charge in [0.1, 0.15) is 5.75 Å². The van der Waals surface area contributed by atoms with E-state index in [1.807, 2.05) is 37.3 Å². The molecule has 1 amide bonds. The number of ether oxygens (including phenoxy) is 1. The highest BCUT2D eigenvalue weighted by atomic mass is 35.5. The van der Waals surface area contributed by atoms with Crippen LogP contribution in [0.1, 0.15) is 24.1 Å². The van der Waals surface area contributed by atoms with Crippen LogP contribution >= 0.6 is 35.0 Å². The van der Waals surface area contributed by atoms with Gasteiger partial charge in [-0.2, -0.15) is 0 Å². The first-order chi connectivity index (χ1) is 11.5. The third-order valence-electron chi connectivity index (χ3n) is 3.46. The zero-order chi connectivity index (χ0) is 17.5. The van der Waals surface area contributed by atoms with Crippen molar-refractivity contribution in [1.82, 2.24) is 5.32 Å². The molecular weight excluding hydrogens is 365 g/mol. The molecule has 0 radical (unpaired) electrons. The van der Waals surface area contributed by atoms with Crippen molar-refractivity contribution in [2.45, 2.75) is 18.7 Å². The highest BCUT2D eigenvalue weighted by molar-refractivity contribution is 7.99. The first-order valence-electron chi connectivity index (χ1n) is 7.44. The summed E-state index contributed by atoms with van der Waals surface area (Å²) in [5.41, 5.74) is 2.06. The van der Waals surface area contributed by atoms with E-state index < -0.39 is 0 Å². The molecule has 6 heteroatoms. The van der Waals surface area contributed by atoms with Crippen LogP contribution in [0.3, 0.4) is 0 Å². The zero-order valence-electron chi connectivity index (χ0n) is 13.5. The van der Waals surface area contributed by atoms with Crippen LogP contribution < -0.4 is 10.1 Å². The summed E-state index contributed by atoms with van der Waals surface area (Å²) in [7, 11) is 1.64. The molecule has 0 saturated carbocycles. The molecule has 2 aromatic rings. The lowest BCUT2D eigenvalue weighted by molar-refractivity contribution is -0.119. The fourth-order valence-corrected chi connectivity index (χ4v) is 3.26. The fraction of sp³-hybridized carbons (Fsp3) is 0.278. The topological polar surface area (TPSA) is 38.3 Å². The van der Waals surface area contributed by atoms with Crippen LogP contribution in [-0.4, -0.2) is 18.8 Å². The Morgan fingerprint density at radius 2 is 2.00 bits per heavy atom. The number of rotatable bonds is 7. The quantitative estimate of drug-likeness (QED) is 0.721. The third kappa shape index (κ3) is 5.62. The summed E-state index contributed by atoms with van der Waals surface area (Å²) in [5, 5.41) is 3.96. The Hall–Kier alpha value is -1.36. The van der Waals surface area contributed by atoms with Crippen LogP contribution in [0.2, 0.25) is 10.0 Å². The summed E-state index contributed by atoms with van der Waals surface area (Å²) in [6.45, 7) is 1.92. The first-order valence-corrected chi connectivity index (χ1v) is 9.35. The lowest BCUT2D eigenvalue weighted by atomic mass is 10.1. The molecule has 3 nitrogen and oxygen atoms in total. The minimum absolute atomic E-state index is 0.0125. The molecule has 0 bridgehead atoms. The number of halogens is 2. The van der Waals surface area contributed by atoms with Crippen molar-refractivity contribution in [3.8, 4) is 5.75 Å². The number of nitrogens with one attached hydrogen (secondary N) is 1. The SMILES string of the molecule is COc1cccc(CSCC(=O)NC(C)c2ccc(Cl)c(Cl)c2)c1. The average Bonchev–Trinajstić information content (AvgIpc) is 2.57. The van der Waals surface area contributed by atoms with Crippen molar-refractivity contribution in [3.05, 3.63) is 63.6 Å². The van der Waals surface area contributed by atoms with E-state index in [9.17, 15) is 4.79 Å². The van der Waals surface area contributed by atoms with Gasteiger partial charge in [-0.1, -0.05) is 41.4 Å². The van der Waals surface area contributed by atoms with Crippen LogP contribution in [0, 0.1) is 0 Å². The van der Waals surface area contributed by atoms with Gasteiger partial charge < -0.3 is 10.1 Å². The standard InChI is InChI=1S/C18H19Cl2NO2S/c1-12(14-6-7-16(19)17(20)9-14)21-18(22)11-24-10-13-4-3-5-15(8-13)23-2/h3-9,12H,10-11H2,1-2H3,(H,21,22). The highest BCUT2D eigenvalue weighted by Gasteiger charge is 2.11. The van der Waals surface area contributed by atoms with Gasteiger partial charge in [0.25, 0.3) is 0 Å². The summed E-state index contributed by atoms with van der Waals surface area (Å²) in [6.07, 6.45) is 0. The maximum atomic E-state index is 12.1. The second-order valence-corrected chi connectivity index (χ2v) is 7.11. The van der Waals surface area contributed by atoms with E-state index in [-0.39, 0.29) is 11.9 Å². The van der Waals surface area contributed by atoms with Gasteiger partial charge in [-0.3, -0.25) is 4.79 Å². The molecule has 0 fully saturated rings. The molecule has 0 saturated heterocycles. The number of carbonyl (C=O) groups excluding carboxylic acids is 1. The molecule has 0 aliphatic rings. The van der Waals surface area contributed by atoms with E-state index in [4.69, 9.17) is 27.9 Å². The van der Waals surface area contributed by atoms with E-state index in [0.717, 1.165) is 22.6 Å². The van der Waals surface area contributed by atoms with Crippen molar-refractivity contribution >= 4 is 40.9 Å². The molecule has 1 unspecified atom stereocenters. The Morgan fingerprint density at radius 1 is 1.21 bits per heavy atom. The van der Waals surface area contributed by atoms with Crippen LogP contribution in [0.4, 0.5) is 0 Å². The monoisotopic (exact) mass is 383 g/mol. The van der Waals surface area contributed by atoms with Crippen molar-refractivity contribution in [3.63, 3.8) is 0 Å². The smallest absolute Gasteiger partial charge is 0.230 e. The van der Waals surface area contributed by atoms with Crippen LogP contribution in [0.5, 0.6) is 5.75 Å². The Kier molecular flexibility index (Phi) is 7.28. The molecule has 0 heterocycles. The summed E-state index contributed by atoms with van der Waals surface area (Å²) < 4.78 is 5.19. The predicted molar refractivity (Wildman–Crippen MR) is 102 cm³/mol. The normalized spacial score (nSPS) is 11.8. The number of carbonyl (C=O) groups is 1. The minimum Gasteiger partial charge on any atom is -0.497 e. The van der Waals surface area contributed by atoms with Gasteiger partial charge in [-0.15, -0.1) is 11.8 Å². The summed E-state index contributed by atoms with van der Waals surface area (Å²) in [5.74, 6) is 1.96. The Bertz CT molecular complexity index is 709. The fourth-order valence-electron chi connectivity index (χ4n) is 2.17. The molecule has 24 heavy (non-hydrogen) atoms. The Balaban J connectivity index is 1.81. The molecule has 1 N–H and O–H groups in total. The van der Waals surface area contributed by atoms with Gasteiger partial charge in [0, 0.05) is 5.75 Å². The van der Waals surface area contributed by atoms with Gasteiger partial charge in [-0.25, -0.2) is 0 Å². The number of hydrogen-bond donors (Lipinski definition) is 1. The number of methoxy groups -OCH3 is 1. The molecule has 0 spiro atoms. The minimum atomic E-state index is -0.121. The van der Waals surface area contributed by atoms with Crippen molar-refractivity contribution in [2.75, 3.05) is 12.9 Å². The van der Waals surface area contributed by atoms with Crippen molar-refractivity contribution in [2.24, 2.45) is 0 Å². The molecule has 1 atom stereocenters. The molecular formula is C18H19Cl2NO2S. The molecule has 2 rings (SSSR count). The highest BCUT2D eigenvalue weighted by Crippen LogP contribution is 2.25. The Labute approximate surface area is 156 Å². The maximum Gasteiger partial charge on any atom is 0.230 e. The molecule has 0 aromatic heterocycles. The third-order valence-corrected chi connectivity index (χ3v) is 5.20. The summed E-state index contributed by atoms with van der Waals surface area (Å²) in [6, 6.07) is 13.1. The summed E-state index contributed by atoms with van der Waals surface area (Å²) >= 11 is 13.5. The second-order valence-electron chi connectivity index (χ2n) is 5.31. The van der Waals surface area contributed by atoms with Crippen LogP contribution in [0.15, 0.2) is 42.5 Å². The van der Waals surface area contributed by atoms with Gasteiger partial charge in [0.05, 0.1) is 28.9 Å². The van der Waals surface area contributed by atoms with Crippen LogP contribution in [-0.2, 0) is 10.5 Å². The van der Waals surface area contributed by atoms with Gasteiger partial charge in [0.15, 0.2) is 0 Å². The summed E-state index contributed by atoms with van der Waals surface area (Å²) in [4.78, 5) is 12.1. The van der Waals surface area contributed by atoms with Crippen molar-refractivity contribution < 1.29 is 9.53 Å². The number of amides is 1. The first kappa shape index (κ1) is 19.0. The number of hydrogen-bond acceptors (Lipinski definition) is 3. The maximum absolute atomic E-state index is 12.1. The van der Waals surface area contributed by atoms with E-state index in [1.54, 1.807) is 31.0 Å². The molecule has 128 valence electrons. The lowest BCUT2D eigenvalue weighted by Gasteiger charge is -2.15. The van der Waals surface area contributed by atoms with Gasteiger partial charge in [0.2, 0.25) is 5.91 Å². The average molecular weight is 384 g/mol. The molecule has 2 aromatic carbocycles. The van der Waals surface area contributed by atoms with Crippen LogP contribution in [0.25, 0.3) is 0 Å². The van der Waals surface area contributed by atoms with E-state index in [0.29, 0.717) is 15.8 Å². The van der Waals surface area contributed by atoms with E-state index in [2.05, 4.69) is 5.32 Å². The second kappa shape index (κ2) is 9.21. The van der Waals surface area contributed by atoms with E-state index >= 15 is 0 Å².